The zero-order chi connectivity index (χ0) is 13.1. The molecule has 0 aliphatic rings. The summed E-state index contributed by atoms with van der Waals surface area (Å²) in [4.78, 5) is 4.05. The van der Waals surface area contributed by atoms with Crippen molar-refractivity contribution in [1.82, 2.24) is 4.98 Å². The lowest BCUT2D eigenvalue weighted by Crippen LogP contribution is -2.04. The van der Waals surface area contributed by atoms with Gasteiger partial charge >= 0.3 is 0 Å². The van der Waals surface area contributed by atoms with Gasteiger partial charge in [-0.15, -0.1) is 0 Å². The van der Waals surface area contributed by atoms with Crippen LogP contribution in [0.25, 0.3) is 0 Å². The number of hydrogen-bond donors (Lipinski definition) is 1. The average Bonchev–Trinajstić information content (AvgIpc) is 2.34. The number of rotatable bonds is 3. The minimum atomic E-state index is -0.913. The minimum absolute atomic E-state index is 0.186. The van der Waals surface area contributed by atoms with Crippen molar-refractivity contribution in [2.45, 2.75) is 12.5 Å². The Morgan fingerprint density at radius 2 is 1.94 bits per heavy atom. The van der Waals surface area contributed by atoms with Gasteiger partial charge in [0.05, 0.1) is 11.8 Å². The molecule has 1 N–H and O–H groups in total. The van der Waals surface area contributed by atoms with E-state index in [0.717, 1.165) is 16.6 Å². The summed E-state index contributed by atoms with van der Waals surface area (Å²) in [6, 6.07) is 7.01. The Morgan fingerprint density at radius 3 is 2.56 bits per heavy atom. The maximum Gasteiger partial charge on any atom is 0.159 e. The molecule has 1 aromatic heterocycles. The second-order valence-corrected chi connectivity index (χ2v) is 4.79. The van der Waals surface area contributed by atoms with Crippen LogP contribution in [0.2, 0.25) is 0 Å². The fraction of sp³-hybridized carbons (Fsp3) is 0.154. The lowest BCUT2D eigenvalue weighted by molar-refractivity contribution is 0.173. The van der Waals surface area contributed by atoms with Crippen LogP contribution in [0, 0.1) is 11.6 Å². The molecule has 0 saturated heterocycles. The standard InChI is InChI=1S/C13H10BrF2NO/c14-9-2-4-12(17-7-9)13(18)6-8-1-3-10(15)11(16)5-8/h1-5,7,13,18H,6H2. The monoisotopic (exact) mass is 313 g/mol. The van der Waals surface area contributed by atoms with Crippen molar-refractivity contribution in [2.75, 3.05) is 0 Å². The predicted molar refractivity (Wildman–Crippen MR) is 67.0 cm³/mol. The number of aliphatic hydroxyl groups excluding tert-OH is 1. The molecule has 0 spiro atoms. The fourth-order valence-corrected chi connectivity index (χ4v) is 1.81. The third kappa shape index (κ3) is 3.11. The lowest BCUT2D eigenvalue weighted by Gasteiger charge is -2.10. The second kappa shape index (κ2) is 5.54. The zero-order valence-corrected chi connectivity index (χ0v) is 10.9. The van der Waals surface area contributed by atoms with E-state index in [1.807, 2.05) is 0 Å². The number of halogens is 3. The van der Waals surface area contributed by atoms with Crippen LogP contribution in [-0.2, 0) is 6.42 Å². The van der Waals surface area contributed by atoms with E-state index in [-0.39, 0.29) is 6.42 Å². The predicted octanol–water partition coefficient (Wildman–Crippen LogP) is 3.40. The molecule has 1 unspecified atom stereocenters. The number of nitrogens with zero attached hydrogens (tertiary/aromatic N) is 1. The molecular weight excluding hydrogens is 304 g/mol. The first-order valence-electron chi connectivity index (χ1n) is 5.29. The molecule has 2 rings (SSSR count). The van der Waals surface area contributed by atoms with E-state index in [1.165, 1.54) is 6.07 Å². The highest BCUT2D eigenvalue weighted by Crippen LogP contribution is 2.19. The summed E-state index contributed by atoms with van der Waals surface area (Å²) in [7, 11) is 0. The van der Waals surface area contributed by atoms with E-state index in [4.69, 9.17) is 0 Å². The zero-order valence-electron chi connectivity index (χ0n) is 9.28. The van der Waals surface area contributed by atoms with Crippen LogP contribution in [0.4, 0.5) is 8.78 Å². The molecule has 0 aliphatic heterocycles. The Kier molecular flexibility index (Phi) is 4.04. The van der Waals surface area contributed by atoms with E-state index >= 15 is 0 Å². The molecule has 5 heteroatoms. The van der Waals surface area contributed by atoms with E-state index in [2.05, 4.69) is 20.9 Å². The maximum absolute atomic E-state index is 13.0. The van der Waals surface area contributed by atoms with Crippen molar-refractivity contribution in [3.05, 3.63) is 63.9 Å². The minimum Gasteiger partial charge on any atom is -0.386 e. The molecule has 0 radical (unpaired) electrons. The van der Waals surface area contributed by atoms with Crippen molar-refractivity contribution in [3.63, 3.8) is 0 Å². The van der Waals surface area contributed by atoms with Gasteiger partial charge in [0.2, 0.25) is 0 Å². The van der Waals surface area contributed by atoms with Gasteiger partial charge in [-0.3, -0.25) is 4.98 Å². The van der Waals surface area contributed by atoms with Crippen LogP contribution in [-0.4, -0.2) is 10.1 Å². The number of pyridine rings is 1. The Labute approximate surface area is 111 Å². The van der Waals surface area contributed by atoms with Gasteiger partial charge in [-0.1, -0.05) is 6.07 Å². The molecule has 2 nitrogen and oxygen atoms in total. The molecule has 0 aliphatic carbocycles. The molecular formula is C13H10BrF2NO. The molecule has 94 valence electrons. The van der Waals surface area contributed by atoms with Crippen LogP contribution in [0.3, 0.4) is 0 Å². The number of hydrogen-bond acceptors (Lipinski definition) is 2. The van der Waals surface area contributed by atoms with Crippen molar-refractivity contribution in [1.29, 1.82) is 0 Å². The Balaban J connectivity index is 2.13. The second-order valence-electron chi connectivity index (χ2n) is 3.87. The highest BCUT2D eigenvalue weighted by atomic mass is 79.9. The van der Waals surface area contributed by atoms with Crippen molar-refractivity contribution in [3.8, 4) is 0 Å². The molecule has 1 aromatic carbocycles. The molecule has 0 fully saturated rings. The van der Waals surface area contributed by atoms with Crippen molar-refractivity contribution < 1.29 is 13.9 Å². The molecule has 0 saturated carbocycles. The number of aliphatic hydroxyl groups is 1. The largest absolute Gasteiger partial charge is 0.386 e. The summed E-state index contributed by atoms with van der Waals surface area (Å²) in [5, 5.41) is 9.93. The summed E-state index contributed by atoms with van der Waals surface area (Å²) in [5.74, 6) is -1.81. The quantitative estimate of drug-likeness (QED) is 0.942. The SMILES string of the molecule is OC(Cc1ccc(F)c(F)c1)c1ccc(Br)cn1. The number of benzene rings is 1. The third-order valence-corrected chi connectivity index (χ3v) is 2.97. The van der Waals surface area contributed by atoms with Gasteiger partial charge in [0, 0.05) is 17.1 Å². The van der Waals surface area contributed by atoms with Crippen LogP contribution in [0.15, 0.2) is 41.0 Å². The average molecular weight is 314 g/mol. The van der Waals surface area contributed by atoms with Gasteiger partial charge in [0.1, 0.15) is 0 Å². The molecule has 1 atom stereocenters. The summed E-state index contributed by atoms with van der Waals surface area (Å²) >= 11 is 3.24. The molecule has 0 amide bonds. The fourth-order valence-electron chi connectivity index (χ4n) is 1.58. The molecule has 0 bridgehead atoms. The van der Waals surface area contributed by atoms with Gasteiger partial charge in [-0.05, 0) is 45.8 Å². The van der Waals surface area contributed by atoms with Gasteiger partial charge in [-0.2, -0.15) is 0 Å². The molecule has 2 aromatic rings. The Bertz CT molecular complexity index is 545. The first-order chi connectivity index (χ1) is 8.56. The molecule has 1 heterocycles. The van der Waals surface area contributed by atoms with E-state index in [1.54, 1.807) is 18.3 Å². The maximum atomic E-state index is 13.0. The highest BCUT2D eigenvalue weighted by molar-refractivity contribution is 9.10. The Morgan fingerprint density at radius 1 is 1.17 bits per heavy atom. The van der Waals surface area contributed by atoms with Crippen molar-refractivity contribution in [2.24, 2.45) is 0 Å². The first kappa shape index (κ1) is 13.1. The highest BCUT2D eigenvalue weighted by Gasteiger charge is 2.11. The van der Waals surface area contributed by atoms with Crippen LogP contribution >= 0.6 is 15.9 Å². The van der Waals surface area contributed by atoms with Crippen molar-refractivity contribution >= 4 is 15.9 Å². The van der Waals surface area contributed by atoms with Crippen LogP contribution < -0.4 is 0 Å². The van der Waals surface area contributed by atoms with E-state index in [9.17, 15) is 13.9 Å². The van der Waals surface area contributed by atoms with Crippen LogP contribution in [0.1, 0.15) is 17.4 Å². The third-order valence-electron chi connectivity index (χ3n) is 2.50. The van der Waals surface area contributed by atoms with Gasteiger partial charge in [0.25, 0.3) is 0 Å². The summed E-state index contributed by atoms with van der Waals surface area (Å²) in [6.45, 7) is 0. The summed E-state index contributed by atoms with van der Waals surface area (Å²) in [5.41, 5.74) is 1.01. The van der Waals surface area contributed by atoms with Crippen LogP contribution in [0.5, 0.6) is 0 Å². The smallest absolute Gasteiger partial charge is 0.159 e. The van der Waals surface area contributed by atoms with E-state index < -0.39 is 17.7 Å². The summed E-state index contributed by atoms with van der Waals surface area (Å²) < 4.78 is 26.6. The van der Waals surface area contributed by atoms with Gasteiger partial charge in [0.15, 0.2) is 11.6 Å². The topological polar surface area (TPSA) is 33.1 Å². The Hall–Kier alpha value is -1.33. The number of aromatic nitrogens is 1. The lowest BCUT2D eigenvalue weighted by atomic mass is 10.1. The van der Waals surface area contributed by atoms with E-state index in [0.29, 0.717) is 11.3 Å². The van der Waals surface area contributed by atoms with Gasteiger partial charge < -0.3 is 5.11 Å². The normalized spacial score (nSPS) is 12.4. The molecule has 18 heavy (non-hydrogen) atoms. The summed E-state index contributed by atoms with van der Waals surface area (Å²) in [6.07, 6.45) is 0.915. The first-order valence-corrected chi connectivity index (χ1v) is 6.09. The van der Waals surface area contributed by atoms with Gasteiger partial charge in [-0.25, -0.2) is 8.78 Å².